The Labute approximate surface area is 126 Å². The summed E-state index contributed by atoms with van der Waals surface area (Å²) in [6, 6.07) is 9.33. The lowest BCUT2D eigenvalue weighted by Crippen LogP contribution is -2.44. The van der Waals surface area contributed by atoms with Gasteiger partial charge in [-0.15, -0.1) is 0 Å². The lowest BCUT2D eigenvalue weighted by atomic mass is 9.92. The predicted octanol–water partition coefficient (Wildman–Crippen LogP) is 2.17. The number of aryl methyl sites for hydroxylation is 1. The predicted molar refractivity (Wildman–Crippen MR) is 83.1 cm³/mol. The van der Waals surface area contributed by atoms with Gasteiger partial charge in [0, 0.05) is 25.0 Å². The molecule has 1 aromatic rings. The van der Waals surface area contributed by atoms with Crippen molar-refractivity contribution in [3.63, 3.8) is 0 Å². The Balaban J connectivity index is 1.46. The van der Waals surface area contributed by atoms with Gasteiger partial charge in [0.1, 0.15) is 0 Å². The van der Waals surface area contributed by atoms with E-state index >= 15 is 0 Å². The number of nitrogens with one attached hydrogen (secondary N) is 1. The van der Waals surface area contributed by atoms with E-state index in [1.807, 2.05) is 7.05 Å². The van der Waals surface area contributed by atoms with Crippen molar-refractivity contribution in [1.82, 2.24) is 10.2 Å². The van der Waals surface area contributed by atoms with Crippen molar-refractivity contribution in [2.45, 2.75) is 37.6 Å². The molecule has 1 aliphatic heterocycles. The molecule has 3 nitrogen and oxygen atoms in total. The first-order chi connectivity index (χ1) is 10.3. The second-order valence-electron chi connectivity index (χ2n) is 6.84. The molecule has 1 heterocycles. The van der Waals surface area contributed by atoms with Crippen molar-refractivity contribution in [3.05, 3.63) is 35.4 Å². The highest BCUT2D eigenvalue weighted by Crippen LogP contribution is 2.60. The van der Waals surface area contributed by atoms with Gasteiger partial charge in [0.25, 0.3) is 0 Å². The first-order valence-electron chi connectivity index (χ1n) is 8.33. The summed E-state index contributed by atoms with van der Waals surface area (Å²) in [6.07, 6.45) is 4.55. The van der Waals surface area contributed by atoms with Crippen molar-refractivity contribution in [3.8, 4) is 0 Å². The van der Waals surface area contributed by atoms with Crippen molar-refractivity contribution in [2.75, 3.05) is 20.1 Å². The summed E-state index contributed by atoms with van der Waals surface area (Å²) < 4.78 is 0. The first kappa shape index (κ1) is 13.3. The zero-order valence-electron chi connectivity index (χ0n) is 12.7. The molecule has 3 atom stereocenters. The maximum atomic E-state index is 12.8. The maximum absolute atomic E-state index is 12.8. The van der Waals surface area contributed by atoms with Crippen molar-refractivity contribution < 1.29 is 4.79 Å². The zero-order chi connectivity index (χ0) is 14.4. The topological polar surface area (TPSA) is 32.3 Å². The molecule has 4 rings (SSSR count). The number of carbonyl (C=O) groups is 1. The van der Waals surface area contributed by atoms with Crippen LogP contribution in [0.4, 0.5) is 0 Å². The Hall–Kier alpha value is -1.35. The Morgan fingerprint density at radius 1 is 1.19 bits per heavy atom. The third kappa shape index (κ3) is 2.18. The number of benzene rings is 1. The second-order valence-corrected chi connectivity index (χ2v) is 6.84. The smallest absolute Gasteiger partial charge is 0.226 e. The van der Waals surface area contributed by atoms with Gasteiger partial charge in [-0.25, -0.2) is 0 Å². The monoisotopic (exact) mass is 284 g/mol. The highest BCUT2D eigenvalue weighted by atomic mass is 16.2. The van der Waals surface area contributed by atoms with Crippen LogP contribution in [0.25, 0.3) is 0 Å². The average molecular weight is 284 g/mol. The molecule has 0 radical (unpaired) electrons. The van der Waals surface area contributed by atoms with E-state index in [0.29, 0.717) is 23.8 Å². The number of amides is 1. The van der Waals surface area contributed by atoms with Crippen LogP contribution in [0, 0.1) is 11.8 Å². The van der Waals surface area contributed by atoms with Crippen LogP contribution in [0.3, 0.4) is 0 Å². The average Bonchev–Trinajstić information content (AvgIpc) is 3.29. The Kier molecular flexibility index (Phi) is 3.26. The van der Waals surface area contributed by atoms with Crippen LogP contribution in [0.1, 0.15) is 36.3 Å². The molecule has 0 bridgehead atoms. The molecule has 112 valence electrons. The van der Waals surface area contributed by atoms with Crippen molar-refractivity contribution in [2.24, 2.45) is 11.8 Å². The van der Waals surface area contributed by atoms with E-state index in [4.69, 9.17) is 0 Å². The molecule has 2 fully saturated rings. The lowest BCUT2D eigenvalue weighted by Gasteiger charge is -2.32. The number of fused-ring (bicyclic) bond motifs is 3. The van der Waals surface area contributed by atoms with Crippen LogP contribution >= 0.6 is 0 Å². The van der Waals surface area contributed by atoms with Crippen LogP contribution in [-0.4, -0.2) is 37.0 Å². The van der Waals surface area contributed by atoms with Gasteiger partial charge < -0.3 is 10.2 Å². The fraction of sp³-hybridized carbons (Fsp3) is 0.611. The molecule has 3 aliphatic rings. The Morgan fingerprint density at radius 2 is 1.95 bits per heavy atom. The van der Waals surface area contributed by atoms with Gasteiger partial charge in [0.15, 0.2) is 0 Å². The molecule has 1 saturated carbocycles. The number of nitrogens with zero attached hydrogens (tertiary/aromatic N) is 1. The number of hydrogen-bond donors (Lipinski definition) is 1. The quantitative estimate of drug-likeness (QED) is 0.903. The SMILES string of the molecule is CNC1CCN(C(=O)C2C3CCc4ccccc4C32)CC1. The molecular weight excluding hydrogens is 260 g/mol. The van der Waals surface area contributed by atoms with E-state index < -0.39 is 0 Å². The third-order valence-corrected chi connectivity index (χ3v) is 5.83. The minimum atomic E-state index is 0.278. The largest absolute Gasteiger partial charge is 0.342 e. The van der Waals surface area contributed by atoms with Gasteiger partial charge in [0.2, 0.25) is 5.91 Å². The Morgan fingerprint density at radius 3 is 2.71 bits per heavy atom. The molecule has 3 heteroatoms. The molecule has 21 heavy (non-hydrogen) atoms. The number of hydrogen-bond acceptors (Lipinski definition) is 2. The second kappa shape index (κ2) is 5.13. The van der Waals surface area contributed by atoms with Crippen LogP contribution < -0.4 is 5.32 Å². The molecule has 1 saturated heterocycles. The minimum absolute atomic E-state index is 0.278. The van der Waals surface area contributed by atoms with Gasteiger partial charge in [-0.2, -0.15) is 0 Å². The summed E-state index contributed by atoms with van der Waals surface area (Å²) in [7, 11) is 2.02. The fourth-order valence-corrected chi connectivity index (χ4v) is 4.50. The standard InChI is InChI=1S/C18H24N2O/c1-19-13-8-10-20(11-9-13)18(21)17-15-7-6-12-4-2-3-5-14(12)16(15)17/h2-5,13,15-17,19H,6-11H2,1H3. The summed E-state index contributed by atoms with van der Waals surface area (Å²) in [6.45, 7) is 1.86. The zero-order valence-corrected chi connectivity index (χ0v) is 12.7. The van der Waals surface area contributed by atoms with E-state index in [0.717, 1.165) is 32.4 Å². The molecule has 1 N–H and O–H groups in total. The summed E-state index contributed by atoms with van der Waals surface area (Å²) in [5, 5.41) is 3.33. The molecule has 3 unspecified atom stereocenters. The molecule has 0 aromatic heterocycles. The van der Waals surface area contributed by atoms with E-state index in [-0.39, 0.29) is 5.92 Å². The van der Waals surface area contributed by atoms with Gasteiger partial charge in [-0.05, 0) is 55.7 Å². The van der Waals surface area contributed by atoms with Crippen molar-refractivity contribution >= 4 is 5.91 Å². The molecule has 1 aromatic carbocycles. The molecule has 0 spiro atoms. The normalized spacial score (nSPS) is 31.5. The fourth-order valence-electron chi connectivity index (χ4n) is 4.50. The molecule has 2 aliphatic carbocycles. The third-order valence-electron chi connectivity index (χ3n) is 5.83. The van der Waals surface area contributed by atoms with Gasteiger partial charge in [-0.3, -0.25) is 4.79 Å². The number of rotatable bonds is 2. The van der Waals surface area contributed by atoms with E-state index in [9.17, 15) is 4.79 Å². The van der Waals surface area contributed by atoms with Gasteiger partial charge in [-0.1, -0.05) is 24.3 Å². The number of piperidine rings is 1. The van der Waals surface area contributed by atoms with E-state index in [2.05, 4.69) is 34.5 Å². The molecule has 1 amide bonds. The highest BCUT2D eigenvalue weighted by molar-refractivity contribution is 5.84. The minimum Gasteiger partial charge on any atom is -0.342 e. The number of likely N-dealkylation sites (tertiary alicyclic amines) is 1. The highest BCUT2D eigenvalue weighted by Gasteiger charge is 2.57. The Bertz CT molecular complexity index is 548. The van der Waals surface area contributed by atoms with Gasteiger partial charge >= 0.3 is 0 Å². The van der Waals surface area contributed by atoms with Crippen LogP contribution in [-0.2, 0) is 11.2 Å². The maximum Gasteiger partial charge on any atom is 0.226 e. The summed E-state index contributed by atoms with van der Waals surface area (Å²) in [5.74, 6) is 1.84. The van der Waals surface area contributed by atoms with E-state index in [1.54, 1.807) is 0 Å². The first-order valence-corrected chi connectivity index (χ1v) is 8.33. The van der Waals surface area contributed by atoms with Crippen LogP contribution in [0.2, 0.25) is 0 Å². The van der Waals surface area contributed by atoms with Crippen molar-refractivity contribution in [1.29, 1.82) is 0 Å². The lowest BCUT2D eigenvalue weighted by molar-refractivity contribution is -0.134. The summed E-state index contributed by atoms with van der Waals surface area (Å²) in [5.41, 5.74) is 2.93. The summed E-state index contributed by atoms with van der Waals surface area (Å²) in [4.78, 5) is 15.0. The van der Waals surface area contributed by atoms with Crippen LogP contribution in [0.5, 0.6) is 0 Å². The number of carbonyl (C=O) groups excluding carboxylic acids is 1. The van der Waals surface area contributed by atoms with Gasteiger partial charge in [0.05, 0.1) is 0 Å². The summed E-state index contributed by atoms with van der Waals surface area (Å²) >= 11 is 0. The van der Waals surface area contributed by atoms with Crippen LogP contribution in [0.15, 0.2) is 24.3 Å². The molecular formula is C18H24N2O. The van der Waals surface area contributed by atoms with E-state index in [1.165, 1.54) is 17.5 Å².